The highest BCUT2D eigenvalue weighted by molar-refractivity contribution is 5.78. The summed E-state index contributed by atoms with van der Waals surface area (Å²) >= 11 is 0. The van der Waals surface area contributed by atoms with Crippen LogP contribution in [0.5, 0.6) is 0 Å². The van der Waals surface area contributed by atoms with Gasteiger partial charge in [-0.05, 0) is 50.9 Å². The number of hydrogen-bond donors (Lipinski definition) is 0. The first kappa shape index (κ1) is 16.3. The van der Waals surface area contributed by atoms with Gasteiger partial charge in [-0.15, -0.1) is 0 Å². The molecule has 0 radical (unpaired) electrons. The lowest BCUT2D eigenvalue weighted by Gasteiger charge is -2.22. The zero-order valence-corrected chi connectivity index (χ0v) is 13.6. The van der Waals surface area contributed by atoms with E-state index in [4.69, 9.17) is 0 Å². The van der Waals surface area contributed by atoms with Crippen LogP contribution in [0, 0.1) is 17.3 Å². The molecule has 0 heterocycles. The molecule has 19 heavy (non-hydrogen) atoms. The first-order chi connectivity index (χ1) is 8.80. The van der Waals surface area contributed by atoms with E-state index in [0.717, 1.165) is 13.0 Å². The second kappa shape index (κ2) is 6.58. The van der Waals surface area contributed by atoms with E-state index in [1.54, 1.807) is 0 Å². The fourth-order valence-electron chi connectivity index (χ4n) is 2.76. The first-order valence-electron chi connectivity index (χ1n) is 7.68. The molecular weight excluding hydrogens is 234 g/mol. The number of rotatable bonds is 7. The lowest BCUT2D eigenvalue weighted by atomic mass is 9.98. The summed E-state index contributed by atoms with van der Waals surface area (Å²) in [6, 6.07) is 0. The fraction of sp³-hybridized carbons (Fsp3) is 0.824. The molecule has 2 nitrogen and oxygen atoms in total. The summed E-state index contributed by atoms with van der Waals surface area (Å²) in [5.41, 5.74) is 1.88. The summed E-state index contributed by atoms with van der Waals surface area (Å²) in [6.45, 7) is 11.7. The highest BCUT2D eigenvalue weighted by Crippen LogP contribution is 2.55. The molecule has 2 heteroatoms. The van der Waals surface area contributed by atoms with Gasteiger partial charge in [0.1, 0.15) is 0 Å². The van der Waals surface area contributed by atoms with E-state index in [2.05, 4.69) is 33.8 Å². The highest BCUT2D eigenvalue weighted by Gasteiger charge is 2.49. The Morgan fingerprint density at radius 1 is 1.47 bits per heavy atom. The molecule has 0 aromatic rings. The lowest BCUT2D eigenvalue weighted by Crippen LogP contribution is -2.33. The average Bonchev–Trinajstić information content (AvgIpc) is 2.97. The van der Waals surface area contributed by atoms with Crippen molar-refractivity contribution < 1.29 is 4.79 Å². The van der Waals surface area contributed by atoms with E-state index in [-0.39, 0.29) is 5.92 Å². The van der Waals surface area contributed by atoms with Crippen molar-refractivity contribution in [2.45, 2.75) is 60.3 Å². The standard InChI is InChI=1S/C17H31NO/c1-7-14(4)16(19)18(6)12-15-11-17(15,5)10-8-9-13(2)3/h9,14-15H,7-8,10-12H2,1-6H3. The Labute approximate surface area is 119 Å². The Bertz CT molecular complexity index is 343. The topological polar surface area (TPSA) is 20.3 Å². The van der Waals surface area contributed by atoms with E-state index in [1.807, 2.05) is 18.9 Å². The number of hydrogen-bond acceptors (Lipinski definition) is 1. The molecule has 1 aliphatic rings. The quantitative estimate of drug-likeness (QED) is 0.630. The number of amides is 1. The van der Waals surface area contributed by atoms with E-state index in [0.29, 0.717) is 17.2 Å². The SMILES string of the molecule is CCC(C)C(=O)N(C)CC1CC1(C)CCC=C(C)C. The van der Waals surface area contributed by atoms with Gasteiger partial charge in [-0.25, -0.2) is 0 Å². The zero-order chi connectivity index (χ0) is 14.6. The highest BCUT2D eigenvalue weighted by atomic mass is 16.2. The Morgan fingerprint density at radius 2 is 2.11 bits per heavy atom. The van der Waals surface area contributed by atoms with Gasteiger partial charge in [-0.3, -0.25) is 4.79 Å². The third-order valence-corrected chi connectivity index (χ3v) is 4.71. The maximum absolute atomic E-state index is 12.1. The minimum Gasteiger partial charge on any atom is -0.345 e. The van der Waals surface area contributed by atoms with Crippen molar-refractivity contribution in [3.05, 3.63) is 11.6 Å². The lowest BCUT2D eigenvalue weighted by molar-refractivity contribution is -0.134. The van der Waals surface area contributed by atoms with Gasteiger partial charge in [-0.2, -0.15) is 0 Å². The van der Waals surface area contributed by atoms with Crippen LogP contribution in [-0.4, -0.2) is 24.4 Å². The molecule has 3 atom stereocenters. The van der Waals surface area contributed by atoms with E-state index < -0.39 is 0 Å². The average molecular weight is 265 g/mol. The van der Waals surface area contributed by atoms with Gasteiger partial charge in [0, 0.05) is 19.5 Å². The van der Waals surface area contributed by atoms with Crippen LogP contribution >= 0.6 is 0 Å². The normalized spacial score (nSPS) is 26.7. The predicted octanol–water partition coefficient (Wildman–Crippen LogP) is 4.26. The van der Waals surface area contributed by atoms with Crippen LogP contribution in [-0.2, 0) is 4.79 Å². The molecule has 0 saturated heterocycles. The van der Waals surface area contributed by atoms with Gasteiger partial charge >= 0.3 is 0 Å². The first-order valence-corrected chi connectivity index (χ1v) is 7.68. The molecule has 110 valence electrons. The maximum Gasteiger partial charge on any atom is 0.225 e. The Kier molecular flexibility index (Phi) is 5.64. The summed E-state index contributed by atoms with van der Waals surface area (Å²) in [4.78, 5) is 14.0. The molecule has 0 N–H and O–H groups in total. The Balaban J connectivity index is 2.36. The molecule has 1 saturated carbocycles. The second-order valence-electron chi connectivity index (χ2n) is 6.90. The summed E-state index contributed by atoms with van der Waals surface area (Å²) in [7, 11) is 1.96. The molecule has 0 aliphatic heterocycles. The predicted molar refractivity (Wildman–Crippen MR) is 82.0 cm³/mol. The maximum atomic E-state index is 12.1. The molecule has 0 spiro atoms. The van der Waals surface area contributed by atoms with Crippen LogP contribution < -0.4 is 0 Å². The number of carbonyl (C=O) groups excluding carboxylic acids is 1. The number of carbonyl (C=O) groups is 1. The van der Waals surface area contributed by atoms with Crippen LogP contribution in [0.1, 0.15) is 60.3 Å². The third-order valence-electron chi connectivity index (χ3n) is 4.71. The molecule has 1 fully saturated rings. The van der Waals surface area contributed by atoms with Crippen molar-refractivity contribution in [3.63, 3.8) is 0 Å². The molecule has 1 amide bonds. The van der Waals surface area contributed by atoms with Crippen LogP contribution in [0.15, 0.2) is 11.6 Å². The minimum atomic E-state index is 0.167. The minimum absolute atomic E-state index is 0.167. The largest absolute Gasteiger partial charge is 0.345 e. The van der Waals surface area contributed by atoms with E-state index in [1.165, 1.54) is 24.8 Å². The van der Waals surface area contributed by atoms with Crippen LogP contribution in [0.25, 0.3) is 0 Å². The molecular formula is C17H31NO. The van der Waals surface area contributed by atoms with Gasteiger partial charge in [-0.1, -0.05) is 32.4 Å². The van der Waals surface area contributed by atoms with Crippen molar-refractivity contribution in [2.75, 3.05) is 13.6 Å². The molecule has 0 aromatic heterocycles. The van der Waals surface area contributed by atoms with Gasteiger partial charge in [0.2, 0.25) is 5.91 Å². The smallest absolute Gasteiger partial charge is 0.225 e. The Hall–Kier alpha value is -0.790. The molecule has 0 aromatic carbocycles. The van der Waals surface area contributed by atoms with Crippen LogP contribution in [0.3, 0.4) is 0 Å². The summed E-state index contributed by atoms with van der Waals surface area (Å²) in [5, 5.41) is 0. The van der Waals surface area contributed by atoms with E-state index in [9.17, 15) is 4.79 Å². The monoisotopic (exact) mass is 265 g/mol. The van der Waals surface area contributed by atoms with E-state index >= 15 is 0 Å². The second-order valence-corrected chi connectivity index (χ2v) is 6.90. The van der Waals surface area contributed by atoms with Gasteiger partial charge in [0.15, 0.2) is 0 Å². The van der Waals surface area contributed by atoms with Crippen molar-refractivity contribution in [1.82, 2.24) is 4.90 Å². The van der Waals surface area contributed by atoms with Crippen molar-refractivity contribution in [3.8, 4) is 0 Å². The third kappa shape index (κ3) is 4.67. The molecule has 3 unspecified atom stereocenters. The Morgan fingerprint density at radius 3 is 2.63 bits per heavy atom. The zero-order valence-electron chi connectivity index (χ0n) is 13.6. The fourth-order valence-corrected chi connectivity index (χ4v) is 2.76. The number of allylic oxidation sites excluding steroid dienone is 2. The van der Waals surface area contributed by atoms with Crippen LogP contribution in [0.4, 0.5) is 0 Å². The van der Waals surface area contributed by atoms with Gasteiger partial charge < -0.3 is 4.90 Å². The van der Waals surface area contributed by atoms with Crippen LogP contribution in [0.2, 0.25) is 0 Å². The van der Waals surface area contributed by atoms with Gasteiger partial charge in [0.05, 0.1) is 0 Å². The summed E-state index contributed by atoms with van der Waals surface area (Å²) < 4.78 is 0. The van der Waals surface area contributed by atoms with Crippen molar-refractivity contribution >= 4 is 5.91 Å². The van der Waals surface area contributed by atoms with Gasteiger partial charge in [0.25, 0.3) is 0 Å². The number of nitrogens with zero attached hydrogens (tertiary/aromatic N) is 1. The molecule has 0 bridgehead atoms. The van der Waals surface area contributed by atoms with Crippen molar-refractivity contribution in [1.29, 1.82) is 0 Å². The summed E-state index contributed by atoms with van der Waals surface area (Å²) in [5.74, 6) is 1.18. The van der Waals surface area contributed by atoms with Crippen molar-refractivity contribution in [2.24, 2.45) is 17.3 Å². The molecule has 1 aliphatic carbocycles. The molecule has 1 rings (SSSR count). The summed E-state index contributed by atoms with van der Waals surface area (Å²) in [6.07, 6.45) is 6.98.